The molecule has 3 heteroatoms. The van der Waals surface area contributed by atoms with E-state index in [1.807, 2.05) is 0 Å². The van der Waals surface area contributed by atoms with Gasteiger partial charge in [-0.05, 0) is 74.8 Å². The summed E-state index contributed by atoms with van der Waals surface area (Å²) in [6, 6.07) is 19.2. The fourth-order valence-electron chi connectivity index (χ4n) is 5.00. The van der Waals surface area contributed by atoms with Crippen LogP contribution in [-0.2, 0) is 6.54 Å². The van der Waals surface area contributed by atoms with Crippen LogP contribution in [0.15, 0.2) is 54.6 Å². The number of Topliss-reactive ketones (excluding diaryl/α,β-unsaturated/α-hetero) is 1. The Bertz CT molecular complexity index is 772. The molecule has 2 heterocycles. The molecule has 29 heavy (non-hydrogen) atoms. The summed E-state index contributed by atoms with van der Waals surface area (Å²) in [7, 11) is 0. The minimum Gasteiger partial charge on any atom is -0.317 e. The Morgan fingerprint density at radius 1 is 0.966 bits per heavy atom. The van der Waals surface area contributed by atoms with Crippen LogP contribution in [0.3, 0.4) is 0 Å². The quantitative estimate of drug-likeness (QED) is 0.713. The average Bonchev–Trinajstić information content (AvgIpc) is 2.80. The van der Waals surface area contributed by atoms with Crippen molar-refractivity contribution in [2.24, 2.45) is 11.8 Å². The number of hydrogen-bond donors (Lipinski definition) is 1. The van der Waals surface area contributed by atoms with Crippen molar-refractivity contribution >= 4 is 5.78 Å². The van der Waals surface area contributed by atoms with Crippen molar-refractivity contribution in [1.82, 2.24) is 10.2 Å². The normalized spacial score (nSPS) is 20.4. The van der Waals surface area contributed by atoms with Crippen molar-refractivity contribution in [3.8, 4) is 0 Å². The molecule has 2 aromatic rings. The summed E-state index contributed by atoms with van der Waals surface area (Å²) >= 11 is 0. The van der Waals surface area contributed by atoms with E-state index in [-0.39, 0.29) is 5.92 Å². The second kappa shape index (κ2) is 9.69. The Hall–Kier alpha value is -1.97. The lowest BCUT2D eigenvalue weighted by atomic mass is 9.80. The Labute approximate surface area is 175 Å². The van der Waals surface area contributed by atoms with Gasteiger partial charge >= 0.3 is 0 Å². The van der Waals surface area contributed by atoms with Crippen LogP contribution in [0.25, 0.3) is 0 Å². The van der Waals surface area contributed by atoms with Gasteiger partial charge in [0, 0.05) is 18.0 Å². The Morgan fingerprint density at radius 2 is 1.62 bits per heavy atom. The van der Waals surface area contributed by atoms with Gasteiger partial charge < -0.3 is 5.32 Å². The molecule has 1 atom stereocenters. The van der Waals surface area contributed by atoms with Gasteiger partial charge in [-0.25, -0.2) is 0 Å². The van der Waals surface area contributed by atoms with Crippen molar-refractivity contribution in [3.63, 3.8) is 0 Å². The van der Waals surface area contributed by atoms with Crippen LogP contribution in [0.2, 0.25) is 0 Å². The highest BCUT2D eigenvalue weighted by molar-refractivity contribution is 5.97. The fraction of sp³-hybridized carbons (Fsp3) is 0.500. The van der Waals surface area contributed by atoms with E-state index in [1.165, 1.54) is 24.0 Å². The van der Waals surface area contributed by atoms with Crippen molar-refractivity contribution in [1.29, 1.82) is 0 Å². The Balaban J connectivity index is 1.30. The van der Waals surface area contributed by atoms with Gasteiger partial charge in [-0.15, -0.1) is 0 Å². The van der Waals surface area contributed by atoms with Gasteiger partial charge in [-0.1, -0.05) is 61.5 Å². The molecule has 2 aromatic carbocycles. The van der Waals surface area contributed by atoms with Crippen LogP contribution < -0.4 is 5.32 Å². The smallest absolute Gasteiger partial charge is 0.165 e. The van der Waals surface area contributed by atoms with Gasteiger partial charge in [0.05, 0.1) is 0 Å². The molecule has 4 rings (SSSR count). The molecule has 0 aromatic heterocycles. The minimum absolute atomic E-state index is 0.110. The lowest BCUT2D eigenvalue weighted by Gasteiger charge is -2.34. The summed E-state index contributed by atoms with van der Waals surface area (Å²) in [5, 5.41) is 3.42. The standard InChI is InChI=1S/C26H34N2O/c1-20(22-13-17-28(18-14-22)19-21-5-3-2-4-6-21)26(29)25-9-7-23(8-10-25)24-11-15-27-16-12-24/h2-10,20,22,24,27H,11-19H2,1H3. The van der Waals surface area contributed by atoms with Crippen LogP contribution in [0.4, 0.5) is 0 Å². The topological polar surface area (TPSA) is 32.3 Å². The minimum atomic E-state index is 0.110. The number of carbonyl (C=O) groups is 1. The van der Waals surface area contributed by atoms with Crippen molar-refractivity contribution in [3.05, 3.63) is 71.3 Å². The van der Waals surface area contributed by atoms with Gasteiger partial charge in [0.1, 0.15) is 0 Å². The lowest BCUT2D eigenvalue weighted by molar-refractivity contribution is 0.0815. The lowest BCUT2D eigenvalue weighted by Crippen LogP contribution is -2.36. The predicted molar refractivity (Wildman–Crippen MR) is 119 cm³/mol. The maximum atomic E-state index is 13.1. The third-order valence-electron chi connectivity index (χ3n) is 7.01. The molecule has 1 N–H and O–H groups in total. The number of benzene rings is 2. The van der Waals surface area contributed by atoms with E-state index < -0.39 is 0 Å². The summed E-state index contributed by atoms with van der Waals surface area (Å²) in [6.07, 6.45) is 4.64. The van der Waals surface area contributed by atoms with Gasteiger partial charge in [-0.2, -0.15) is 0 Å². The summed E-state index contributed by atoms with van der Waals surface area (Å²) < 4.78 is 0. The van der Waals surface area contributed by atoms with Gasteiger partial charge in [0.2, 0.25) is 0 Å². The van der Waals surface area contributed by atoms with E-state index in [2.05, 4.69) is 71.7 Å². The molecule has 2 aliphatic rings. The number of carbonyl (C=O) groups excluding carboxylic acids is 1. The first-order valence-electron chi connectivity index (χ1n) is 11.3. The first-order chi connectivity index (χ1) is 14.2. The van der Waals surface area contributed by atoms with E-state index in [0.29, 0.717) is 17.6 Å². The van der Waals surface area contributed by atoms with Crippen LogP contribution >= 0.6 is 0 Å². The maximum absolute atomic E-state index is 13.1. The third kappa shape index (κ3) is 5.15. The van der Waals surface area contributed by atoms with Crippen LogP contribution in [-0.4, -0.2) is 36.9 Å². The first-order valence-corrected chi connectivity index (χ1v) is 11.3. The summed E-state index contributed by atoms with van der Waals surface area (Å²) in [5.41, 5.74) is 3.66. The highest BCUT2D eigenvalue weighted by Crippen LogP contribution is 2.30. The molecule has 2 saturated heterocycles. The van der Waals surface area contributed by atoms with Crippen LogP contribution in [0.5, 0.6) is 0 Å². The molecule has 1 unspecified atom stereocenters. The predicted octanol–water partition coefficient (Wildman–Crippen LogP) is 4.88. The fourth-order valence-corrected chi connectivity index (χ4v) is 5.00. The Morgan fingerprint density at radius 3 is 2.28 bits per heavy atom. The van der Waals surface area contributed by atoms with Gasteiger partial charge in [-0.3, -0.25) is 9.69 Å². The van der Waals surface area contributed by atoms with E-state index in [1.54, 1.807) is 0 Å². The van der Waals surface area contributed by atoms with Crippen molar-refractivity contribution in [2.75, 3.05) is 26.2 Å². The largest absolute Gasteiger partial charge is 0.317 e. The molecule has 0 saturated carbocycles. The number of likely N-dealkylation sites (tertiary alicyclic amines) is 1. The molecule has 2 fully saturated rings. The number of nitrogens with zero attached hydrogens (tertiary/aromatic N) is 1. The van der Waals surface area contributed by atoms with E-state index in [9.17, 15) is 4.79 Å². The molecule has 0 spiro atoms. The number of hydrogen-bond acceptors (Lipinski definition) is 3. The van der Waals surface area contributed by atoms with Gasteiger partial charge in [0.25, 0.3) is 0 Å². The second-order valence-corrected chi connectivity index (χ2v) is 8.90. The average molecular weight is 391 g/mol. The third-order valence-corrected chi connectivity index (χ3v) is 7.01. The molecule has 3 nitrogen and oxygen atoms in total. The maximum Gasteiger partial charge on any atom is 0.165 e. The summed E-state index contributed by atoms with van der Waals surface area (Å²) in [6.45, 7) is 7.54. The molecule has 2 aliphatic heterocycles. The highest BCUT2D eigenvalue weighted by Gasteiger charge is 2.29. The SMILES string of the molecule is CC(C(=O)c1ccc(C2CCNCC2)cc1)C1CCN(Cc2ccccc2)CC1. The molecule has 0 bridgehead atoms. The summed E-state index contributed by atoms with van der Waals surface area (Å²) in [4.78, 5) is 15.6. The van der Waals surface area contributed by atoms with Crippen molar-refractivity contribution < 1.29 is 4.79 Å². The van der Waals surface area contributed by atoms with Crippen molar-refractivity contribution in [2.45, 2.75) is 45.1 Å². The molecule has 0 aliphatic carbocycles. The Kier molecular flexibility index (Phi) is 6.78. The zero-order valence-electron chi connectivity index (χ0n) is 17.6. The molecule has 0 radical (unpaired) electrons. The molecule has 0 amide bonds. The highest BCUT2D eigenvalue weighted by atomic mass is 16.1. The van der Waals surface area contributed by atoms with Crippen LogP contribution in [0, 0.1) is 11.8 Å². The number of rotatable bonds is 6. The van der Waals surface area contributed by atoms with Crippen LogP contribution in [0.1, 0.15) is 60.0 Å². The van der Waals surface area contributed by atoms with E-state index >= 15 is 0 Å². The second-order valence-electron chi connectivity index (χ2n) is 8.90. The molecular formula is C26H34N2O. The van der Waals surface area contributed by atoms with Gasteiger partial charge in [0.15, 0.2) is 5.78 Å². The summed E-state index contributed by atoms with van der Waals surface area (Å²) in [5.74, 6) is 1.58. The molecule has 154 valence electrons. The van der Waals surface area contributed by atoms with E-state index in [4.69, 9.17) is 0 Å². The monoisotopic (exact) mass is 390 g/mol. The number of ketones is 1. The number of piperidine rings is 2. The van der Waals surface area contributed by atoms with E-state index in [0.717, 1.165) is 51.1 Å². The number of nitrogens with one attached hydrogen (secondary N) is 1. The zero-order valence-corrected chi connectivity index (χ0v) is 17.6. The first kappa shape index (κ1) is 20.3. The molecular weight excluding hydrogens is 356 g/mol. The zero-order chi connectivity index (χ0) is 20.1.